The molecule has 8 heteroatoms. The minimum absolute atomic E-state index is 0. The van der Waals surface area contributed by atoms with Gasteiger partial charge in [-0.1, -0.05) is 573 Å². The standard InChI is InChI=1S/2C9H18.C8H16.4C7H14.5C6H12.4C5H10.16CH3.7Fe.Ru/c1-3-5-9-7-4-6-8(9)2;1-3-8-6-5-7-9(8)4-2;1-3-8-6-4-5-7(8)2;1-6-4-3-5-7(6)2;3*1-2-7-5-3-4-6-7;5*1-6-4-2-3-5-6;4*1-2-4-5-3-1;;;;;;;;;;;;;;;;;;;;;;;;/h2*8-9H,3-7H2,1-2H3;7-8H,3-6H2,1-2H3;6-7H,3-5H2,1-2H3;3*7H,2-6H2,1H3;5*6H,2-5H2,1H3;4*1-5H2;16*1H3;;;;;;;;/q;;;;;;;;;;;;;;;;16*-1;8*+2. The van der Waals surface area contributed by atoms with Crippen LogP contribution in [0.15, 0.2) is 0 Å². The third-order valence-corrected chi connectivity index (χ3v) is 29.8. The molecule has 0 spiro atoms. The molecule has 8 unspecified atom stereocenters. The fourth-order valence-electron chi connectivity index (χ4n) is 20.8. The summed E-state index contributed by atoms with van der Waals surface area (Å²) in [6, 6.07) is 0. The Morgan fingerprint density at radius 1 is 0.141 bits per heavy atom. The van der Waals surface area contributed by atoms with E-state index < -0.39 is 0 Å². The minimum Gasteiger partial charge on any atom is -0.358 e. The molecule has 0 aliphatic heterocycles. The van der Waals surface area contributed by atoms with Crippen molar-refractivity contribution in [2.45, 2.75) is 573 Å². The van der Waals surface area contributed by atoms with Gasteiger partial charge in [-0.2, -0.15) is 0 Å². The van der Waals surface area contributed by atoms with E-state index in [-0.39, 0.29) is 258 Å². The second-order valence-corrected chi connectivity index (χ2v) is 39.4. The molecule has 0 radical (unpaired) electrons. The molecule has 16 saturated carbocycles. The molecule has 0 bridgehead atoms. The van der Waals surface area contributed by atoms with Crippen molar-refractivity contribution in [3.8, 4) is 0 Å². The normalized spacial score (nSPS) is 23.2. The maximum atomic E-state index is 2.41. The van der Waals surface area contributed by atoms with Crippen molar-refractivity contribution in [3.05, 3.63) is 119 Å². The monoisotopic (exact) mass is 2190 g/mol. The van der Waals surface area contributed by atoms with Crippen LogP contribution in [0.5, 0.6) is 0 Å². The number of hydrogen-bond acceptors (Lipinski definition) is 0. The molecule has 128 heavy (non-hydrogen) atoms. The summed E-state index contributed by atoms with van der Waals surface area (Å²) in [7, 11) is 0. The number of rotatable bonds is 8. The Morgan fingerprint density at radius 3 is 0.383 bits per heavy atom. The Kier molecular flexibility index (Phi) is 219. The maximum absolute atomic E-state index is 2.41. The Hall–Kier alpha value is 4.26. The molecule has 0 nitrogen and oxygen atoms in total. The molecule has 0 aromatic rings. The van der Waals surface area contributed by atoms with Gasteiger partial charge in [-0.15, -0.1) is 0 Å². The van der Waals surface area contributed by atoms with E-state index in [9.17, 15) is 0 Å². The van der Waals surface area contributed by atoms with Crippen LogP contribution in [-0.4, -0.2) is 0 Å². The van der Waals surface area contributed by atoms with E-state index in [0.29, 0.717) is 0 Å². The zero-order valence-corrected chi connectivity index (χ0v) is 104. The van der Waals surface area contributed by atoms with Crippen molar-refractivity contribution >= 4 is 0 Å². The molecular weight excluding hydrogens is 1930 g/mol. The Labute approximate surface area is 916 Å². The molecule has 0 aromatic heterocycles. The van der Waals surface area contributed by atoms with Crippen molar-refractivity contribution in [2.75, 3.05) is 0 Å². The quantitative estimate of drug-likeness (QED) is 0.168. The SMILES string of the molecule is C1CCCC1.C1CCCC1.C1CCCC1.C1CCCC1.CC1CCCC1.CC1CCCC1.CC1CCCC1.CC1CCCC1.CC1CCCC1.CC1CCCC1C.CCC1CCCC1.CCC1CCCC1.CCC1CCCC1.CCC1CCCC1C.CCC1CCCC1CC.CCCC1CCCC1C.[CH3-].[CH3-].[CH3-].[CH3-].[CH3-].[CH3-].[CH3-].[CH3-].[CH3-].[CH3-].[CH3-].[CH3-].[CH3-].[CH3-].[CH3-].[CH3-].[Fe+2].[Fe+2].[Fe+2].[Fe+2].[Fe+2].[Fe+2].[Fe+2].[Ru+2]. The van der Waals surface area contributed by atoms with E-state index >= 15 is 0 Å². The second kappa shape index (κ2) is 144. The summed E-state index contributed by atoms with van der Waals surface area (Å²) >= 11 is 0. The molecule has 0 amide bonds. The van der Waals surface area contributed by atoms with Gasteiger partial charge in [0, 0.05) is 0 Å². The van der Waals surface area contributed by atoms with Gasteiger partial charge in [0.25, 0.3) is 0 Å². The zero-order valence-electron chi connectivity index (χ0n) is 95.0. The molecule has 800 valence electrons. The van der Waals surface area contributed by atoms with Crippen LogP contribution >= 0.6 is 0 Å². The van der Waals surface area contributed by atoms with E-state index in [1.165, 1.54) is 462 Å². The molecule has 16 rings (SSSR count). The molecule has 16 aliphatic carbocycles. The topological polar surface area (TPSA) is 0 Å². The predicted octanol–water partition coefficient (Wildman–Crippen LogP) is 45.4. The first kappa shape index (κ1) is 194. The van der Waals surface area contributed by atoms with E-state index in [0.717, 1.165) is 94.7 Å². The molecule has 16 aliphatic rings. The van der Waals surface area contributed by atoms with Gasteiger partial charge in [-0.3, -0.25) is 0 Å². The molecule has 0 heterocycles. The predicted molar refractivity (Wildman–Crippen MR) is 582 cm³/mol. The summed E-state index contributed by atoms with van der Waals surface area (Å²) in [6.07, 6.45) is 107. The average molecular weight is 2190 g/mol. The van der Waals surface area contributed by atoms with Gasteiger partial charge in [-0.25, -0.2) is 0 Å². The van der Waals surface area contributed by atoms with Crippen molar-refractivity contribution in [2.24, 2.45) is 94.7 Å². The molecule has 0 N–H and O–H groups in total. The Bertz CT molecular complexity index is 1430. The summed E-state index contributed by atoms with van der Waals surface area (Å²) in [4.78, 5) is 0. The maximum Gasteiger partial charge on any atom is 2.00 e. The average Bonchev–Trinajstić information content (AvgIpc) is 1.81. The summed E-state index contributed by atoms with van der Waals surface area (Å²) in [5.41, 5.74) is 0. The fourth-order valence-corrected chi connectivity index (χ4v) is 20.8. The first-order chi connectivity index (χ1) is 50.6. The van der Waals surface area contributed by atoms with Crippen molar-refractivity contribution in [1.29, 1.82) is 0 Å². The summed E-state index contributed by atoms with van der Waals surface area (Å²) in [5, 5.41) is 0. The Balaban J connectivity index is -0.0000000406. The van der Waals surface area contributed by atoms with Crippen LogP contribution in [0.4, 0.5) is 0 Å². The van der Waals surface area contributed by atoms with E-state index in [1.807, 2.05) is 0 Å². The van der Waals surface area contributed by atoms with Crippen LogP contribution in [0.3, 0.4) is 0 Å². The van der Waals surface area contributed by atoms with Gasteiger partial charge in [0.05, 0.1) is 0 Å². The molecule has 16 fully saturated rings. The first-order valence-corrected chi connectivity index (χ1v) is 50.6. The smallest absolute Gasteiger partial charge is 0.358 e. The van der Waals surface area contributed by atoms with Gasteiger partial charge in [0.1, 0.15) is 0 Å². The van der Waals surface area contributed by atoms with Gasteiger partial charge in [0.2, 0.25) is 0 Å². The number of hydrogen-bond donors (Lipinski definition) is 0. The third kappa shape index (κ3) is 119. The van der Waals surface area contributed by atoms with Crippen LogP contribution in [0, 0.1) is 214 Å². The van der Waals surface area contributed by atoms with Crippen molar-refractivity contribution in [1.82, 2.24) is 0 Å². The van der Waals surface area contributed by atoms with Gasteiger partial charge >= 0.3 is 139 Å². The van der Waals surface area contributed by atoms with Crippen LogP contribution in [0.25, 0.3) is 0 Å². The molecular formula is C120H256Fe7Ru. The first-order valence-electron chi connectivity index (χ1n) is 50.6. The molecule has 0 aromatic carbocycles. The molecule has 8 atom stereocenters. The molecule has 0 saturated heterocycles. The second-order valence-electron chi connectivity index (χ2n) is 39.4. The van der Waals surface area contributed by atoms with E-state index in [4.69, 9.17) is 0 Å². The largest absolute Gasteiger partial charge is 2.00 e. The Morgan fingerprint density at radius 2 is 0.281 bits per heavy atom. The zero-order chi connectivity index (χ0) is 76.1. The van der Waals surface area contributed by atoms with E-state index in [1.54, 1.807) is 0 Å². The van der Waals surface area contributed by atoms with Crippen LogP contribution in [-0.2, 0) is 139 Å². The summed E-state index contributed by atoms with van der Waals surface area (Å²) in [6.45, 7) is 37.4. The summed E-state index contributed by atoms with van der Waals surface area (Å²) < 4.78 is 0. The van der Waals surface area contributed by atoms with Gasteiger partial charge in [-0.05, 0) is 94.7 Å². The van der Waals surface area contributed by atoms with Crippen molar-refractivity contribution in [3.63, 3.8) is 0 Å². The van der Waals surface area contributed by atoms with Gasteiger partial charge < -0.3 is 119 Å². The van der Waals surface area contributed by atoms with Crippen LogP contribution < -0.4 is 0 Å². The minimum atomic E-state index is 0. The van der Waals surface area contributed by atoms with Crippen LogP contribution in [0.1, 0.15) is 573 Å². The third-order valence-electron chi connectivity index (χ3n) is 29.8. The van der Waals surface area contributed by atoms with E-state index in [2.05, 4.69) is 111 Å². The summed E-state index contributed by atoms with van der Waals surface area (Å²) in [5.74, 6) is 16.9. The van der Waals surface area contributed by atoms with Gasteiger partial charge in [0.15, 0.2) is 0 Å². The van der Waals surface area contributed by atoms with Crippen molar-refractivity contribution < 1.29 is 139 Å². The fraction of sp³-hybridized carbons (Fsp3) is 0.867. The van der Waals surface area contributed by atoms with Crippen LogP contribution in [0.2, 0.25) is 0 Å².